The summed E-state index contributed by atoms with van der Waals surface area (Å²) in [6.45, 7) is 0.297. The lowest BCUT2D eigenvalue weighted by Crippen LogP contribution is -2.18. The van der Waals surface area contributed by atoms with Crippen LogP contribution in [0.5, 0.6) is 5.75 Å². The van der Waals surface area contributed by atoms with Crippen LogP contribution in [-0.4, -0.2) is 22.8 Å². The average Bonchev–Trinajstić information content (AvgIpc) is 2.67. The number of pyridine rings is 1. The minimum absolute atomic E-state index is 0.297. The Morgan fingerprint density at radius 1 is 0.875 bits per heavy atom. The van der Waals surface area contributed by atoms with Crippen LogP contribution >= 0.6 is 0 Å². The standard InChI is InChI=1S/C21H21NO2/c23-20(11-8-17-5-4-14-22-15-17)16-24-21-12-9-19(10-13-21)18-6-2-1-3-7-18/h1-7,9-10,12-15,20,23H,8,11,16H2/t20-/m1/s1. The number of aromatic nitrogens is 1. The number of nitrogens with zero attached hydrogens (tertiary/aromatic N) is 1. The third-order valence-corrected chi connectivity index (χ3v) is 3.89. The van der Waals surface area contributed by atoms with Crippen LogP contribution in [0.15, 0.2) is 79.1 Å². The van der Waals surface area contributed by atoms with Crippen molar-refractivity contribution in [3.8, 4) is 16.9 Å². The Balaban J connectivity index is 1.48. The van der Waals surface area contributed by atoms with Crippen LogP contribution in [0.1, 0.15) is 12.0 Å². The Kier molecular flexibility index (Phi) is 5.59. The van der Waals surface area contributed by atoms with Gasteiger partial charge in [-0.1, -0.05) is 48.5 Å². The Bertz CT molecular complexity index is 727. The summed E-state index contributed by atoms with van der Waals surface area (Å²) < 4.78 is 5.68. The summed E-state index contributed by atoms with van der Waals surface area (Å²) in [4.78, 5) is 4.08. The van der Waals surface area contributed by atoms with Crippen molar-refractivity contribution in [2.75, 3.05) is 6.61 Å². The molecule has 0 saturated heterocycles. The molecule has 0 unspecified atom stereocenters. The third kappa shape index (κ3) is 4.67. The largest absolute Gasteiger partial charge is 0.491 e. The molecule has 3 heteroatoms. The Labute approximate surface area is 142 Å². The van der Waals surface area contributed by atoms with Crippen LogP contribution in [-0.2, 0) is 6.42 Å². The van der Waals surface area contributed by atoms with Crippen LogP contribution in [0.2, 0.25) is 0 Å². The molecule has 122 valence electrons. The van der Waals surface area contributed by atoms with Gasteiger partial charge in [-0.25, -0.2) is 0 Å². The molecule has 1 N–H and O–H groups in total. The van der Waals surface area contributed by atoms with Crippen molar-refractivity contribution >= 4 is 0 Å². The third-order valence-electron chi connectivity index (χ3n) is 3.89. The number of rotatable bonds is 7. The summed E-state index contributed by atoms with van der Waals surface area (Å²) in [5.74, 6) is 0.773. The van der Waals surface area contributed by atoms with Gasteiger partial charge in [-0.05, 0) is 47.7 Å². The maximum Gasteiger partial charge on any atom is 0.119 e. The highest BCUT2D eigenvalue weighted by atomic mass is 16.5. The quantitative estimate of drug-likeness (QED) is 0.712. The fraction of sp³-hybridized carbons (Fsp3) is 0.190. The van der Waals surface area contributed by atoms with E-state index in [1.807, 2.05) is 60.8 Å². The van der Waals surface area contributed by atoms with Gasteiger partial charge in [-0.3, -0.25) is 4.98 Å². The highest BCUT2D eigenvalue weighted by Gasteiger charge is 2.06. The molecule has 1 heterocycles. The first-order chi connectivity index (χ1) is 11.8. The van der Waals surface area contributed by atoms with Crippen molar-refractivity contribution in [1.29, 1.82) is 0 Å². The summed E-state index contributed by atoms with van der Waals surface area (Å²) in [6, 6.07) is 22.1. The molecule has 0 aliphatic heterocycles. The second kappa shape index (κ2) is 8.27. The molecular weight excluding hydrogens is 298 g/mol. The number of hydrogen-bond donors (Lipinski definition) is 1. The number of aryl methyl sites for hydroxylation is 1. The summed E-state index contributed by atoms with van der Waals surface area (Å²) in [5.41, 5.74) is 3.46. The van der Waals surface area contributed by atoms with Crippen molar-refractivity contribution in [2.24, 2.45) is 0 Å². The van der Waals surface area contributed by atoms with Crippen LogP contribution in [0, 0.1) is 0 Å². The Hall–Kier alpha value is -2.65. The lowest BCUT2D eigenvalue weighted by molar-refractivity contribution is 0.100. The van der Waals surface area contributed by atoms with E-state index in [1.54, 1.807) is 6.20 Å². The van der Waals surface area contributed by atoms with E-state index in [-0.39, 0.29) is 0 Å². The van der Waals surface area contributed by atoms with Crippen LogP contribution in [0.4, 0.5) is 0 Å². The molecule has 24 heavy (non-hydrogen) atoms. The zero-order valence-corrected chi connectivity index (χ0v) is 13.5. The number of aliphatic hydroxyl groups is 1. The van der Waals surface area contributed by atoms with Gasteiger partial charge >= 0.3 is 0 Å². The predicted molar refractivity (Wildman–Crippen MR) is 95.9 cm³/mol. The van der Waals surface area contributed by atoms with Crippen LogP contribution in [0.3, 0.4) is 0 Å². The van der Waals surface area contributed by atoms with Crippen molar-refractivity contribution in [2.45, 2.75) is 18.9 Å². The van der Waals surface area contributed by atoms with Crippen molar-refractivity contribution < 1.29 is 9.84 Å². The fourth-order valence-corrected chi connectivity index (χ4v) is 2.53. The van der Waals surface area contributed by atoms with E-state index in [1.165, 1.54) is 5.56 Å². The second-order valence-electron chi connectivity index (χ2n) is 5.76. The van der Waals surface area contributed by atoms with Gasteiger partial charge in [0.2, 0.25) is 0 Å². The van der Waals surface area contributed by atoms with E-state index in [2.05, 4.69) is 17.1 Å². The maximum atomic E-state index is 10.1. The van der Waals surface area contributed by atoms with E-state index < -0.39 is 6.10 Å². The van der Waals surface area contributed by atoms with Gasteiger partial charge in [-0.15, -0.1) is 0 Å². The van der Waals surface area contributed by atoms with Gasteiger partial charge in [0.15, 0.2) is 0 Å². The summed E-state index contributed by atoms with van der Waals surface area (Å²) >= 11 is 0. The molecule has 0 aliphatic rings. The molecule has 0 aliphatic carbocycles. The molecule has 3 rings (SSSR count). The van der Waals surface area contributed by atoms with E-state index in [9.17, 15) is 5.11 Å². The zero-order chi connectivity index (χ0) is 16.6. The van der Waals surface area contributed by atoms with E-state index in [0.29, 0.717) is 13.0 Å². The minimum atomic E-state index is -0.487. The maximum absolute atomic E-state index is 10.1. The van der Waals surface area contributed by atoms with E-state index in [4.69, 9.17) is 4.74 Å². The SMILES string of the molecule is O[C@H](CCc1cccnc1)COc1ccc(-c2ccccc2)cc1. The summed E-state index contributed by atoms with van der Waals surface area (Å²) in [5, 5.41) is 10.1. The molecule has 2 aromatic carbocycles. The average molecular weight is 319 g/mol. The van der Waals surface area contributed by atoms with Crippen molar-refractivity contribution in [3.63, 3.8) is 0 Å². The van der Waals surface area contributed by atoms with Crippen molar-refractivity contribution in [3.05, 3.63) is 84.7 Å². The lowest BCUT2D eigenvalue weighted by Gasteiger charge is -2.12. The van der Waals surface area contributed by atoms with Gasteiger partial charge in [0.1, 0.15) is 12.4 Å². The summed E-state index contributed by atoms with van der Waals surface area (Å²) in [7, 11) is 0. The monoisotopic (exact) mass is 319 g/mol. The highest BCUT2D eigenvalue weighted by molar-refractivity contribution is 5.63. The number of benzene rings is 2. The molecule has 0 saturated carbocycles. The molecule has 0 radical (unpaired) electrons. The van der Waals surface area contributed by atoms with Gasteiger partial charge in [0, 0.05) is 12.4 Å². The van der Waals surface area contributed by atoms with Gasteiger partial charge in [0.25, 0.3) is 0 Å². The molecule has 0 bridgehead atoms. The fourth-order valence-electron chi connectivity index (χ4n) is 2.53. The zero-order valence-electron chi connectivity index (χ0n) is 13.5. The van der Waals surface area contributed by atoms with Crippen molar-refractivity contribution in [1.82, 2.24) is 4.98 Å². The number of hydrogen-bond acceptors (Lipinski definition) is 3. The lowest BCUT2D eigenvalue weighted by atomic mass is 10.1. The first-order valence-corrected chi connectivity index (χ1v) is 8.16. The predicted octanol–water partition coefficient (Wildman–Crippen LogP) is 4.12. The van der Waals surface area contributed by atoms with E-state index >= 15 is 0 Å². The molecule has 0 amide bonds. The van der Waals surface area contributed by atoms with Crippen LogP contribution in [0.25, 0.3) is 11.1 Å². The molecule has 3 nitrogen and oxygen atoms in total. The molecule has 1 aromatic heterocycles. The molecule has 1 atom stereocenters. The minimum Gasteiger partial charge on any atom is -0.491 e. The highest BCUT2D eigenvalue weighted by Crippen LogP contribution is 2.22. The molecular formula is C21H21NO2. The molecule has 0 spiro atoms. The number of ether oxygens (including phenoxy) is 1. The van der Waals surface area contributed by atoms with Gasteiger partial charge in [-0.2, -0.15) is 0 Å². The van der Waals surface area contributed by atoms with Crippen LogP contribution < -0.4 is 4.74 Å². The van der Waals surface area contributed by atoms with E-state index in [0.717, 1.165) is 23.3 Å². The normalized spacial score (nSPS) is 11.9. The first kappa shape index (κ1) is 16.2. The Morgan fingerprint density at radius 3 is 2.33 bits per heavy atom. The second-order valence-corrected chi connectivity index (χ2v) is 5.76. The first-order valence-electron chi connectivity index (χ1n) is 8.16. The molecule has 0 fully saturated rings. The van der Waals surface area contributed by atoms with Gasteiger partial charge in [0.05, 0.1) is 6.10 Å². The summed E-state index contributed by atoms with van der Waals surface area (Å²) in [6.07, 6.45) is 4.55. The van der Waals surface area contributed by atoms with Gasteiger partial charge < -0.3 is 9.84 Å². The Morgan fingerprint density at radius 2 is 1.62 bits per heavy atom. The topological polar surface area (TPSA) is 42.4 Å². The molecule has 3 aromatic rings. The number of aliphatic hydroxyl groups excluding tert-OH is 1. The smallest absolute Gasteiger partial charge is 0.119 e.